The van der Waals surface area contributed by atoms with Gasteiger partial charge in [-0.1, -0.05) is 160 Å². The Balaban J connectivity index is 0.954. The Bertz CT molecular complexity index is 3230. The van der Waals surface area contributed by atoms with E-state index in [9.17, 15) is 0 Å². The van der Waals surface area contributed by atoms with Crippen molar-refractivity contribution in [2.45, 2.75) is 58.1 Å². The van der Waals surface area contributed by atoms with Gasteiger partial charge < -0.3 is 4.90 Å². The summed E-state index contributed by atoms with van der Waals surface area (Å²) in [7, 11) is 0. The van der Waals surface area contributed by atoms with E-state index in [2.05, 4.69) is 209 Å². The normalized spacial score (nSPS) is 14.9. The summed E-state index contributed by atoms with van der Waals surface area (Å²) in [6, 6.07) is 66.2. The number of hydrogen-bond acceptors (Lipinski definition) is 3. The van der Waals surface area contributed by atoms with Crippen LogP contribution in [0.3, 0.4) is 0 Å². The average molecular weight is 792 g/mol. The first-order chi connectivity index (χ1) is 28.7. The molecule has 1 heterocycles. The van der Waals surface area contributed by atoms with E-state index in [0.717, 1.165) is 17.1 Å². The van der Waals surface area contributed by atoms with Crippen molar-refractivity contribution in [1.29, 1.82) is 0 Å². The topological polar surface area (TPSA) is 3.24 Å². The second kappa shape index (κ2) is 12.7. The lowest BCUT2D eigenvalue weighted by atomic mass is 9.82. The van der Waals surface area contributed by atoms with Crippen molar-refractivity contribution in [3.63, 3.8) is 0 Å². The van der Waals surface area contributed by atoms with Crippen molar-refractivity contribution in [3.05, 3.63) is 198 Å². The Morgan fingerprint density at radius 1 is 0.339 bits per heavy atom. The highest BCUT2D eigenvalue weighted by Crippen LogP contribution is 2.56. The fourth-order valence-corrected chi connectivity index (χ4v) is 12.4. The van der Waals surface area contributed by atoms with Crippen LogP contribution in [0, 0.1) is 0 Å². The third-order valence-electron chi connectivity index (χ3n) is 13.3. The van der Waals surface area contributed by atoms with Crippen molar-refractivity contribution in [2.24, 2.45) is 0 Å². The number of anilines is 3. The van der Waals surface area contributed by atoms with Crippen molar-refractivity contribution in [2.75, 3.05) is 4.90 Å². The molecule has 0 saturated carbocycles. The quantitative estimate of drug-likeness (QED) is 0.163. The smallest absolute Gasteiger partial charge is 0.0468 e. The zero-order valence-corrected chi connectivity index (χ0v) is 35.1. The van der Waals surface area contributed by atoms with Crippen LogP contribution in [0.25, 0.3) is 54.9 Å². The maximum Gasteiger partial charge on any atom is 0.0468 e. The lowest BCUT2D eigenvalue weighted by Crippen LogP contribution is -2.16. The van der Waals surface area contributed by atoms with Crippen LogP contribution in [0.4, 0.5) is 17.1 Å². The molecule has 0 spiro atoms. The van der Waals surface area contributed by atoms with Crippen LogP contribution in [0.1, 0.15) is 49.9 Å². The SMILES string of the molecule is CC1(C)c2ccccc2-c2ccc(N(c3ccc(-c4ccc5c(c4)-c4cc6c(cc4C5(C)C)Sc4ccccc4S6)cc3)c3ccc4c(ccc5ccccc54)c3)cc21. The molecule has 282 valence electrons. The third kappa shape index (κ3) is 5.27. The fourth-order valence-electron chi connectivity index (χ4n) is 10.2. The minimum Gasteiger partial charge on any atom is -0.310 e. The van der Waals surface area contributed by atoms with Gasteiger partial charge in [-0.2, -0.15) is 0 Å². The predicted octanol–water partition coefficient (Wildman–Crippen LogP) is 16.4. The molecule has 0 unspecified atom stereocenters. The van der Waals surface area contributed by atoms with Crippen LogP contribution in [-0.4, -0.2) is 0 Å². The first-order valence-corrected chi connectivity index (χ1v) is 22.2. The van der Waals surface area contributed by atoms with Crippen LogP contribution in [0.15, 0.2) is 196 Å². The molecule has 0 bridgehead atoms. The van der Waals surface area contributed by atoms with E-state index in [0.29, 0.717) is 0 Å². The number of fused-ring (bicyclic) bond motifs is 11. The van der Waals surface area contributed by atoms with Crippen molar-refractivity contribution in [1.82, 2.24) is 0 Å². The molecular formula is C56H41NS2. The van der Waals surface area contributed by atoms with Gasteiger partial charge >= 0.3 is 0 Å². The first kappa shape index (κ1) is 35.0. The maximum absolute atomic E-state index is 2.47. The molecular weight excluding hydrogens is 751 g/mol. The molecule has 9 aromatic rings. The van der Waals surface area contributed by atoms with E-state index in [4.69, 9.17) is 0 Å². The molecule has 0 amide bonds. The van der Waals surface area contributed by atoms with Crippen LogP contribution in [0.5, 0.6) is 0 Å². The zero-order valence-electron chi connectivity index (χ0n) is 33.5. The predicted molar refractivity (Wildman–Crippen MR) is 251 cm³/mol. The largest absolute Gasteiger partial charge is 0.310 e. The Morgan fingerprint density at radius 3 is 1.71 bits per heavy atom. The van der Waals surface area contributed by atoms with Gasteiger partial charge in [0, 0.05) is 47.5 Å². The molecule has 59 heavy (non-hydrogen) atoms. The summed E-state index contributed by atoms with van der Waals surface area (Å²) in [6.07, 6.45) is 0. The summed E-state index contributed by atoms with van der Waals surface area (Å²) in [5.74, 6) is 0. The first-order valence-electron chi connectivity index (χ1n) is 20.6. The number of rotatable bonds is 4. The molecule has 0 fully saturated rings. The second-order valence-electron chi connectivity index (χ2n) is 17.4. The molecule has 3 heteroatoms. The van der Waals surface area contributed by atoms with Gasteiger partial charge in [-0.15, -0.1) is 0 Å². The van der Waals surface area contributed by atoms with E-state index in [1.54, 1.807) is 0 Å². The van der Waals surface area contributed by atoms with Gasteiger partial charge in [0.1, 0.15) is 0 Å². The van der Waals surface area contributed by atoms with E-state index in [1.807, 2.05) is 23.5 Å². The average Bonchev–Trinajstić information content (AvgIpc) is 3.63. The van der Waals surface area contributed by atoms with Gasteiger partial charge in [-0.05, 0) is 144 Å². The molecule has 3 aliphatic rings. The minimum absolute atomic E-state index is 0.0668. The molecule has 12 rings (SSSR count). The third-order valence-corrected chi connectivity index (χ3v) is 15.8. The highest BCUT2D eigenvalue weighted by molar-refractivity contribution is 8.05. The number of hydrogen-bond donors (Lipinski definition) is 0. The monoisotopic (exact) mass is 791 g/mol. The summed E-state index contributed by atoms with van der Waals surface area (Å²) in [5.41, 5.74) is 16.7. The van der Waals surface area contributed by atoms with Gasteiger partial charge in [0.25, 0.3) is 0 Å². The lowest BCUT2D eigenvalue weighted by molar-refractivity contribution is 0.657. The number of nitrogens with zero attached hydrogens (tertiary/aromatic N) is 1. The Labute approximate surface area is 354 Å². The van der Waals surface area contributed by atoms with E-state index >= 15 is 0 Å². The summed E-state index contributed by atoms with van der Waals surface area (Å²) in [6.45, 7) is 9.50. The number of benzene rings is 9. The van der Waals surface area contributed by atoms with Gasteiger partial charge in [-0.3, -0.25) is 0 Å². The molecule has 1 aliphatic heterocycles. The molecule has 2 aliphatic carbocycles. The van der Waals surface area contributed by atoms with Crippen molar-refractivity contribution >= 4 is 62.1 Å². The second-order valence-corrected chi connectivity index (χ2v) is 19.5. The molecule has 0 saturated heterocycles. The van der Waals surface area contributed by atoms with E-state index < -0.39 is 0 Å². The van der Waals surface area contributed by atoms with Crippen molar-refractivity contribution in [3.8, 4) is 33.4 Å². The van der Waals surface area contributed by atoms with Crippen LogP contribution in [-0.2, 0) is 10.8 Å². The highest BCUT2D eigenvalue weighted by Gasteiger charge is 2.38. The minimum atomic E-state index is -0.0954. The molecule has 0 N–H and O–H groups in total. The Kier molecular flexibility index (Phi) is 7.56. The summed E-state index contributed by atoms with van der Waals surface area (Å²) >= 11 is 3.81. The van der Waals surface area contributed by atoms with Gasteiger partial charge in [0.05, 0.1) is 0 Å². The Morgan fingerprint density at radius 2 is 0.898 bits per heavy atom. The van der Waals surface area contributed by atoms with E-state index in [1.165, 1.54) is 96.8 Å². The molecule has 1 nitrogen and oxygen atoms in total. The van der Waals surface area contributed by atoms with Crippen molar-refractivity contribution < 1.29 is 0 Å². The molecule has 0 atom stereocenters. The lowest BCUT2D eigenvalue weighted by Gasteiger charge is -2.28. The van der Waals surface area contributed by atoms with Crippen LogP contribution in [0.2, 0.25) is 0 Å². The molecule has 0 aromatic heterocycles. The van der Waals surface area contributed by atoms with Gasteiger partial charge in [0.2, 0.25) is 0 Å². The molecule has 0 radical (unpaired) electrons. The molecule has 9 aromatic carbocycles. The van der Waals surface area contributed by atoms with Gasteiger partial charge in [-0.25, -0.2) is 0 Å². The van der Waals surface area contributed by atoms with E-state index in [-0.39, 0.29) is 10.8 Å². The summed E-state index contributed by atoms with van der Waals surface area (Å²) < 4.78 is 0. The fraction of sp³-hybridized carbons (Fsp3) is 0.107. The van der Waals surface area contributed by atoms with Crippen LogP contribution >= 0.6 is 23.5 Å². The standard InChI is InChI=1S/C56H41NS2/c1-55(2)47-14-8-7-13-43(47)44-27-25-40(31-49(44)55)57(39-24-26-42-37(29-39)18-17-35-11-5-6-12-41(35)42)38-22-19-34(20-23-38)36-21-28-48-45(30-36)46-32-53-54(33-50(46)56(48,3)4)59-52-16-10-9-15-51(52)58-53/h5-33H,1-4H3. The van der Waals surface area contributed by atoms with Crippen LogP contribution < -0.4 is 4.90 Å². The Hall–Kier alpha value is -6.00. The van der Waals surface area contributed by atoms with Gasteiger partial charge in [0.15, 0.2) is 0 Å². The summed E-state index contributed by atoms with van der Waals surface area (Å²) in [4.78, 5) is 7.85. The summed E-state index contributed by atoms with van der Waals surface area (Å²) in [5, 5.41) is 5.06. The highest BCUT2D eigenvalue weighted by atomic mass is 32.2. The zero-order chi connectivity index (χ0) is 39.6. The maximum atomic E-state index is 2.47.